The van der Waals surface area contributed by atoms with Gasteiger partial charge < -0.3 is 10.4 Å². The van der Waals surface area contributed by atoms with Crippen LogP contribution in [-0.2, 0) is 5.54 Å². The maximum Gasteiger partial charge on any atom is 0.322 e. The lowest BCUT2D eigenvalue weighted by molar-refractivity contribution is 0.176. The summed E-state index contributed by atoms with van der Waals surface area (Å²) in [5.41, 5.74) is 1.57. The van der Waals surface area contributed by atoms with Crippen LogP contribution >= 0.6 is 0 Å². The predicted molar refractivity (Wildman–Crippen MR) is 93.3 cm³/mol. The second-order valence-electron chi connectivity index (χ2n) is 6.12. The van der Waals surface area contributed by atoms with Gasteiger partial charge in [-0.15, -0.1) is 5.10 Å². The molecular formula is C17H20N6O2. The smallest absolute Gasteiger partial charge is 0.322 e. The Labute approximate surface area is 144 Å². The minimum absolute atomic E-state index is 0.145. The topological polar surface area (TPSA) is 104 Å². The average Bonchev–Trinajstić information content (AvgIpc) is 2.98. The third-order valence-corrected chi connectivity index (χ3v) is 3.96. The molecule has 8 nitrogen and oxygen atoms in total. The van der Waals surface area contributed by atoms with Gasteiger partial charge in [0.2, 0.25) is 0 Å². The quantitative estimate of drug-likeness (QED) is 0.671. The molecule has 0 aliphatic heterocycles. The maximum atomic E-state index is 12.3. The number of aliphatic hydroxyl groups is 1. The summed E-state index contributed by atoms with van der Waals surface area (Å²) in [4.78, 5) is 20.8. The van der Waals surface area contributed by atoms with E-state index in [1.165, 1.54) is 0 Å². The molecule has 25 heavy (non-hydrogen) atoms. The molecule has 0 aliphatic carbocycles. The van der Waals surface area contributed by atoms with Crippen molar-refractivity contribution in [1.82, 2.24) is 24.9 Å². The van der Waals surface area contributed by atoms with Crippen molar-refractivity contribution in [2.75, 3.05) is 11.9 Å². The Morgan fingerprint density at radius 2 is 1.96 bits per heavy atom. The highest BCUT2D eigenvalue weighted by Crippen LogP contribution is 2.20. The molecule has 2 heterocycles. The number of urea groups is 1. The zero-order valence-electron chi connectivity index (χ0n) is 14.3. The normalized spacial score (nSPS) is 13.4. The Hall–Kier alpha value is -3.00. The minimum atomic E-state index is -0.921. The Kier molecular flexibility index (Phi) is 4.37. The third-order valence-electron chi connectivity index (χ3n) is 3.96. The molecule has 3 rings (SSSR count). The molecule has 8 heteroatoms. The lowest BCUT2D eigenvalue weighted by Gasteiger charge is -2.29. The highest BCUT2D eigenvalue weighted by atomic mass is 16.3. The fourth-order valence-electron chi connectivity index (χ4n) is 2.61. The summed E-state index contributed by atoms with van der Waals surface area (Å²) in [7, 11) is 0. The van der Waals surface area contributed by atoms with Crippen molar-refractivity contribution in [2.45, 2.75) is 26.3 Å². The zero-order valence-corrected chi connectivity index (χ0v) is 14.3. The molecule has 3 N–H and O–H groups in total. The molecule has 0 saturated heterocycles. The predicted octanol–water partition coefficient (Wildman–Crippen LogP) is 1.77. The van der Waals surface area contributed by atoms with Gasteiger partial charge >= 0.3 is 6.03 Å². The van der Waals surface area contributed by atoms with Crippen LogP contribution in [0.3, 0.4) is 0 Å². The van der Waals surface area contributed by atoms with Crippen molar-refractivity contribution >= 4 is 17.8 Å². The number of rotatable bonds is 4. The fraction of sp³-hybridized carbons (Fsp3) is 0.294. The molecule has 1 aromatic carbocycles. The number of amides is 2. The van der Waals surface area contributed by atoms with Crippen LogP contribution in [0.4, 0.5) is 10.7 Å². The van der Waals surface area contributed by atoms with E-state index in [9.17, 15) is 9.90 Å². The Balaban J connectivity index is 1.79. The van der Waals surface area contributed by atoms with E-state index >= 15 is 0 Å². The molecule has 3 aromatic rings. The molecule has 2 aromatic heterocycles. The second kappa shape index (κ2) is 6.48. The Bertz CT molecular complexity index is 908. The first kappa shape index (κ1) is 16.8. The van der Waals surface area contributed by atoms with Gasteiger partial charge in [-0.3, -0.25) is 5.32 Å². The summed E-state index contributed by atoms with van der Waals surface area (Å²) in [6.07, 6.45) is 0. The molecular weight excluding hydrogens is 320 g/mol. The lowest BCUT2D eigenvalue weighted by Crippen LogP contribution is -2.48. The van der Waals surface area contributed by atoms with Gasteiger partial charge in [0.25, 0.3) is 11.7 Å². The van der Waals surface area contributed by atoms with Crippen molar-refractivity contribution in [3.8, 4) is 0 Å². The highest BCUT2D eigenvalue weighted by molar-refractivity contribution is 5.88. The van der Waals surface area contributed by atoms with E-state index in [-0.39, 0.29) is 12.6 Å². The summed E-state index contributed by atoms with van der Waals surface area (Å²) in [5, 5.41) is 19.3. The summed E-state index contributed by atoms with van der Waals surface area (Å²) in [6.45, 7) is 5.25. The summed E-state index contributed by atoms with van der Waals surface area (Å²) < 4.78 is 1.56. The number of aliphatic hydroxyl groups excluding tert-OH is 1. The SMILES string of the molecule is Cc1cc(C)n2nc(NC(=O)N[C@@](C)(CO)c3ccccc3)nc2n1. The fourth-order valence-corrected chi connectivity index (χ4v) is 2.61. The number of carbonyl (C=O) groups excluding carboxylic acids is 1. The first-order chi connectivity index (χ1) is 11.9. The summed E-state index contributed by atoms with van der Waals surface area (Å²) in [6, 6.07) is 10.6. The lowest BCUT2D eigenvalue weighted by atomic mass is 9.93. The molecule has 1 atom stereocenters. The number of anilines is 1. The standard InChI is InChI=1S/C17H20N6O2/c1-11-9-12(2)23-15(18-11)19-14(22-23)20-16(25)21-17(3,10-24)13-7-5-4-6-8-13/h4-9,24H,10H2,1-3H3,(H2,20,21,22,25)/t17-/m0/s1. The molecule has 0 fully saturated rings. The van der Waals surface area contributed by atoms with Crippen molar-refractivity contribution < 1.29 is 9.90 Å². The highest BCUT2D eigenvalue weighted by Gasteiger charge is 2.28. The van der Waals surface area contributed by atoms with Crippen molar-refractivity contribution in [2.24, 2.45) is 0 Å². The van der Waals surface area contributed by atoms with Crippen molar-refractivity contribution in [3.63, 3.8) is 0 Å². The first-order valence-corrected chi connectivity index (χ1v) is 7.88. The number of benzene rings is 1. The number of hydrogen-bond acceptors (Lipinski definition) is 5. The summed E-state index contributed by atoms with van der Waals surface area (Å²) >= 11 is 0. The first-order valence-electron chi connectivity index (χ1n) is 7.88. The molecule has 2 amide bonds. The zero-order chi connectivity index (χ0) is 18.0. The number of nitrogens with zero attached hydrogens (tertiary/aromatic N) is 4. The second-order valence-corrected chi connectivity index (χ2v) is 6.12. The van der Waals surface area contributed by atoms with Crippen LogP contribution in [0.5, 0.6) is 0 Å². The number of hydrogen-bond donors (Lipinski definition) is 3. The summed E-state index contributed by atoms with van der Waals surface area (Å²) in [5.74, 6) is 0.563. The average molecular weight is 340 g/mol. The van der Waals surface area contributed by atoms with Crippen LogP contribution in [0.25, 0.3) is 5.78 Å². The van der Waals surface area contributed by atoms with Gasteiger partial charge in [0, 0.05) is 11.4 Å². The maximum absolute atomic E-state index is 12.3. The van der Waals surface area contributed by atoms with Crippen LogP contribution in [0.2, 0.25) is 0 Å². The van der Waals surface area contributed by atoms with E-state index in [0.717, 1.165) is 17.0 Å². The van der Waals surface area contributed by atoms with Crippen LogP contribution < -0.4 is 10.6 Å². The Morgan fingerprint density at radius 1 is 1.24 bits per heavy atom. The number of aromatic nitrogens is 4. The van der Waals surface area contributed by atoms with Gasteiger partial charge in [0.15, 0.2) is 0 Å². The number of aryl methyl sites for hydroxylation is 2. The van der Waals surface area contributed by atoms with E-state index in [4.69, 9.17) is 0 Å². The van der Waals surface area contributed by atoms with E-state index in [0.29, 0.717) is 5.78 Å². The van der Waals surface area contributed by atoms with E-state index in [1.54, 1.807) is 11.4 Å². The molecule has 0 aliphatic rings. The van der Waals surface area contributed by atoms with Crippen LogP contribution in [0.1, 0.15) is 23.9 Å². The largest absolute Gasteiger partial charge is 0.394 e. The van der Waals surface area contributed by atoms with E-state index < -0.39 is 11.6 Å². The van der Waals surface area contributed by atoms with Gasteiger partial charge in [0.05, 0.1) is 12.1 Å². The van der Waals surface area contributed by atoms with E-state index in [2.05, 4.69) is 25.7 Å². The molecule has 0 unspecified atom stereocenters. The van der Waals surface area contributed by atoms with Crippen LogP contribution in [0, 0.1) is 13.8 Å². The molecule has 0 radical (unpaired) electrons. The van der Waals surface area contributed by atoms with Crippen LogP contribution in [0.15, 0.2) is 36.4 Å². The van der Waals surface area contributed by atoms with Gasteiger partial charge in [-0.1, -0.05) is 30.3 Å². The van der Waals surface area contributed by atoms with Crippen molar-refractivity contribution in [3.05, 3.63) is 53.3 Å². The molecule has 130 valence electrons. The molecule has 0 spiro atoms. The van der Waals surface area contributed by atoms with E-state index in [1.807, 2.05) is 50.2 Å². The monoisotopic (exact) mass is 340 g/mol. The van der Waals surface area contributed by atoms with Gasteiger partial charge in [0.1, 0.15) is 0 Å². The Morgan fingerprint density at radius 3 is 2.64 bits per heavy atom. The van der Waals surface area contributed by atoms with Crippen molar-refractivity contribution in [1.29, 1.82) is 0 Å². The van der Waals surface area contributed by atoms with Gasteiger partial charge in [-0.05, 0) is 32.4 Å². The number of nitrogens with one attached hydrogen (secondary N) is 2. The van der Waals surface area contributed by atoms with Gasteiger partial charge in [-0.2, -0.15) is 9.50 Å². The van der Waals surface area contributed by atoms with Crippen LogP contribution in [-0.4, -0.2) is 37.3 Å². The third kappa shape index (κ3) is 3.43. The molecule has 0 saturated carbocycles. The minimum Gasteiger partial charge on any atom is -0.394 e. The number of fused-ring (bicyclic) bond motifs is 1. The number of carbonyl (C=O) groups is 1. The van der Waals surface area contributed by atoms with Gasteiger partial charge in [-0.25, -0.2) is 9.78 Å². The molecule has 0 bridgehead atoms.